The number of carbonyl (C=O) groups is 3. The second kappa shape index (κ2) is 16.6. The Morgan fingerprint density at radius 3 is 1.38 bits per heavy atom. The third-order valence-corrected chi connectivity index (χ3v) is 0.271. The molecule has 13 heavy (non-hydrogen) atoms. The van der Waals surface area contributed by atoms with Crippen LogP contribution in [0.4, 0.5) is 0 Å². The summed E-state index contributed by atoms with van der Waals surface area (Å²) >= 11 is 0. The fourth-order valence-electron chi connectivity index (χ4n) is 0. The molecular formula is C8H12O5. The van der Waals surface area contributed by atoms with Crippen LogP contribution in [0, 0.1) is 0 Å². The molecule has 0 fully saturated rings. The van der Waals surface area contributed by atoms with Crippen molar-refractivity contribution in [2.75, 3.05) is 0 Å². The Bertz CT molecular complexity index is 173. The molecule has 0 heterocycles. The van der Waals surface area contributed by atoms with Gasteiger partial charge in [-0.1, -0.05) is 13.2 Å². The second-order valence-electron chi connectivity index (χ2n) is 1.43. The number of rotatable bonds is 2. The van der Waals surface area contributed by atoms with Crippen molar-refractivity contribution in [2.24, 2.45) is 0 Å². The first kappa shape index (κ1) is 17.3. The van der Waals surface area contributed by atoms with Gasteiger partial charge in [0.2, 0.25) is 0 Å². The van der Waals surface area contributed by atoms with Gasteiger partial charge >= 0.3 is 5.97 Å². The lowest BCUT2D eigenvalue weighted by molar-refractivity contribution is -0.134. The Morgan fingerprint density at radius 1 is 1.23 bits per heavy atom. The van der Waals surface area contributed by atoms with E-state index in [2.05, 4.69) is 13.2 Å². The maximum atomic E-state index is 9.25. The van der Waals surface area contributed by atoms with E-state index in [1.807, 2.05) is 0 Å². The number of aliphatic carboxylic acids is 2. The van der Waals surface area contributed by atoms with E-state index in [9.17, 15) is 4.79 Å². The molecule has 0 amide bonds. The van der Waals surface area contributed by atoms with Gasteiger partial charge in [0.1, 0.15) is 6.29 Å². The van der Waals surface area contributed by atoms with Gasteiger partial charge in [0, 0.05) is 13.0 Å². The standard InChI is InChI=1S/C3H4O2.C3H4O.C2H4O2/c1-2-3(4)5;1-2-3-4;1-2(3)4/h2H,1H2,(H,4,5);2-3H,1H2;1H3,(H,3,4). The average Bonchev–Trinajstić information content (AvgIpc) is 2.04. The van der Waals surface area contributed by atoms with Crippen LogP contribution >= 0.6 is 0 Å². The molecule has 0 saturated carbocycles. The van der Waals surface area contributed by atoms with Crippen LogP contribution in [0.3, 0.4) is 0 Å². The maximum Gasteiger partial charge on any atom is 0.327 e. The normalized spacial score (nSPS) is 5.92. The van der Waals surface area contributed by atoms with Gasteiger partial charge in [-0.3, -0.25) is 9.59 Å². The maximum absolute atomic E-state index is 9.25. The Hall–Kier alpha value is -1.91. The van der Waals surface area contributed by atoms with Gasteiger partial charge in [-0.25, -0.2) is 4.79 Å². The monoisotopic (exact) mass is 188 g/mol. The lowest BCUT2D eigenvalue weighted by atomic mass is 10.7. The zero-order valence-electron chi connectivity index (χ0n) is 7.27. The highest BCUT2D eigenvalue weighted by atomic mass is 16.4. The van der Waals surface area contributed by atoms with Crippen LogP contribution < -0.4 is 0 Å². The number of aldehydes is 1. The van der Waals surface area contributed by atoms with Crippen LogP contribution in [-0.4, -0.2) is 28.4 Å². The van der Waals surface area contributed by atoms with E-state index in [1.165, 1.54) is 6.08 Å². The van der Waals surface area contributed by atoms with Crippen molar-refractivity contribution in [3.63, 3.8) is 0 Å². The predicted molar refractivity (Wildman–Crippen MR) is 47.4 cm³/mol. The minimum atomic E-state index is -0.981. The number of carbonyl (C=O) groups excluding carboxylic acids is 1. The first-order valence-electron chi connectivity index (χ1n) is 3.03. The molecule has 5 nitrogen and oxygen atoms in total. The van der Waals surface area contributed by atoms with Gasteiger partial charge in [-0.2, -0.15) is 0 Å². The van der Waals surface area contributed by atoms with Gasteiger partial charge in [-0.15, -0.1) is 0 Å². The van der Waals surface area contributed by atoms with Gasteiger partial charge in [0.05, 0.1) is 0 Å². The molecule has 5 heteroatoms. The molecule has 0 radical (unpaired) electrons. The highest BCUT2D eigenvalue weighted by Crippen LogP contribution is 1.54. The van der Waals surface area contributed by atoms with Crippen LogP contribution in [0.25, 0.3) is 0 Å². The third kappa shape index (κ3) is 556. The molecular weight excluding hydrogens is 176 g/mol. The summed E-state index contributed by atoms with van der Waals surface area (Å²) in [6.07, 6.45) is 2.67. The molecule has 0 atom stereocenters. The number of hydrogen-bond acceptors (Lipinski definition) is 3. The first-order valence-corrected chi connectivity index (χ1v) is 3.03. The van der Waals surface area contributed by atoms with E-state index in [4.69, 9.17) is 19.8 Å². The van der Waals surface area contributed by atoms with Crippen LogP contribution in [0.15, 0.2) is 25.3 Å². The molecule has 0 aliphatic rings. The number of carboxylic acid groups (broad SMARTS) is 2. The van der Waals surface area contributed by atoms with E-state index in [0.717, 1.165) is 13.0 Å². The summed E-state index contributed by atoms with van der Waals surface area (Å²) in [7, 11) is 0. The fourth-order valence-corrected chi connectivity index (χ4v) is 0. The lowest BCUT2D eigenvalue weighted by Crippen LogP contribution is -1.82. The van der Waals surface area contributed by atoms with E-state index in [0.29, 0.717) is 6.29 Å². The second-order valence-corrected chi connectivity index (χ2v) is 1.43. The average molecular weight is 188 g/mol. The topological polar surface area (TPSA) is 91.7 Å². The molecule has 0 aromatic carbocycles. The minimum absolute atomic E-state index is 0.639. The van der Waals surface area contributed by atoms with Crippen molar-refractivity contribution in [3.05, 3.63) is 25.3 Å². The fraction of sp³-hybridized carbons (Fsp3) is 0.125. The van der Waals surface area contributed by atoms with Crippen molar-refractivity contribution in [2.45, 2.75) is 6.92 Å². The molecule has 0 bridgehead atoms. The van der Waals surface area contributed by atoms with Crippen molar-refractivity contribution in [3.8, 4) is 0 Å². The molecule has 2 N–H and O–H groups in total. The van der Waals surface area contributed by atoms with E-state index in [-0.39, 0.29) is 0 Å². The van der Waals surface area contributed by atoms with Gasteiger partial charge in [0.15, 0.2) is 0 Å². The number of allylic oxidation sites excluding steroid dienone is 1. The van der Waals surface area contributed by atoms with Gasteiger partial charge in [-0.05, 0) is 6.08 Å². The molecule has 0 rings (SSSR count). The summed E-state index contributed by atoms with van der Waals surface area (Å²) < 4.78 is 0. The molecule has 74 valence electrons. The molecule has 0 spiro atoms. The Morgan fingerprint density at radius 2 is 1.38 bits per heavy atom. The van der Waals surface area contributed by atoms with Crippen molar-refractivity contribution < 1.29 is 24.6 Å². The van der Waals surface area contributed by atoms with Crippen LogP contribution in [-0.2, 0) is 14.4 Å². The molecule has 0 aromatic rings. The van der Waals surface area contributed by atoms with Crippen LogP contribution in [0.5, 0.6) is 0 Å². The van der Waals surface area contributed by atoms with Crippen molar-refractivity contribution >= 4 is 18.2 Å². The smallest absolute Gasteiger partial charge is 0.327 e. The SMILES string of the molecule is C=CC(=O)O.C=CC=O.CC(=O)O. The Balaban J connectivity index is -0.000000117. The van der Waals surface area contributed by atoms with E-state index in [1.54, 1.807) is 0 Å². The molecule has 0 aliphatic heterocycles. The van der Waals surface area contributed by atoms with Crippen molar-refractivity contribution in [1.29, 1.82) is 0 Å². The number of hydrogen-bond donors (Lipinski definition) is 2. The molecule has 0 aromatic heterocycles. The van der Waals surface area contributed by atoms with E-state index < -0.39 is 11.9 Å². The summed E-state index contributed by atoms with van der Waals surface area (Å²) in [4.78, 5) is 27.3. The summed E-state index contributed by atoms with van der Waals surface area (Å²) in [5, 5.41) is 15.0. The summed E-state index contributed by atoms with van der Waals surface area (Å²) in [5.74, 6) is -1.81. The van der Waals surface area contributed by atoms with E-state index >= 15 is 0 Å². The third-order valence-electron chi connectivity index (χ3n) is 0.271. The molecule has 0 saturated heterocycles. The largest absolute Gasteiger partial charge is 0.481 e. The highest BCUT2D eigenvalue weighted by Gasteiger charge is 1.73. The van der Waals surface area contributed by atoms with Crippen molar-refractivity contribution in [1.82, 2.24) is 0 Å². The highest BCUT2D eigenvalue weighted by molar-refractivity contribution is 5.78. The van der Waals surface area contributed by atoms with Crippen LogP contribution in [0.1, 0.15) is 6.92 Å². The van der Waals surface area contributed by atoms with Crippen LogP contribution in [0.2, 0.25) is 0 Å². The molecule has 0 unspecified atom stereocenters. The summed E-state index contributed by atoms with van der Waals surface area (Å²) in [5.41, 5.74) is 0. The number of carboxylic acids is 2. The van der Waals surface area contributed by atoms with Gasteiger partial charge < -0.3 is 10.2 Å². The lowest BCUT2D eigenvalue weighted by Gasteiger charge is -1.64. The zero-order chi connectivity index (χ0) is 11.3. The molecule has 0 aliphatic carbocycles. The zero-order valence-corrected chi connectivity index (χ0v) is 7.27. The summed E-state index contributed by atoms with van der Waals surface area (Å²) in [6.45, 7) is 7.16. The van der Waals surface area contributed by atoms with Gasteiger partial charge in [0.25, 0.3) is 5.97 Å². The first-order chi connectivity index (χ1) is 5.92. The quantitative estimate of drug-likeness (QED) is 0.492. The Labute approximate surface area is 76.0 Å². The minimum Gasteiger partial charge on any atom is -0.481 e. The Kier molecular flexibility index (Phi) is 22.0. The predicted octanol–water partition coefficient (Wildman–Crippen LogP) is 0.719. The summed E-state index contributed by atoms with van der Waals surface area (Å²) in [6, 6.07) is 0.